The molecule has 1 aliphatic rings. The summed E-state index contributed by atoms with van der Waals surface area (Å²) in [5.74, 6) is 0. The van der Waals surface area contributed by atoms with Gasteiger partial charge >= 0.3 is 0 Å². The van der Waals surface area contributed by atoms with Crippen LogP contribution in [-0.4, -0.2) is 0 Å². The molecule has 0 bridgehead atoms. The Bertz CT molecular complexity index is 391. The maximum atomic E-state index is 6.69. The fraction of sp³-hybridized carbons (Fsp3) is 0.647. The van der Waals surface area contributed by atoms with Crippen LogP contribution in [0.15, 0.2) is 24.3 Å². The molecular weight excluding hydrogens is 218 g/mol. The second-order valence-electron chi connectivity index (χ2n) is 6.72. The van der Waals surface area contributed by atoms with E-state index in [1.165, 1.54) is 30.4 Å². The Morgan fingerprint density at radius 2 is 1.67 bits per heavy atom. The monoisotopic (exact) mass is 245 g/mol. The second kappa shape index (κ2) is 5.05. The Labute approximate surface area is 112 Å². The van der Waals surface area contributed by atoms with Crippen molar-refractivity contribution in [1.82, 2.24) is 0 Å². The minimum atomic E-state index is -0.0972. The Hall–Kier alpha value is -0.820. The summed E-state index contributed by atoms with van der Waals surface area (Å²) in [7, 11) is 0. The largest absolute Gasteiger partial charge is 0.321 e. The van der Waals surface area contributed by atoms with Crippen molar-refractivity contribution >= 4 is 0 Å². The van der Waals surface area contributed by atoms with Crippen molar-refractivity contribution in [3.05, 3.63) is 35.4 Å². The first kappa shape index (κ1) is 13.6. The molecule has 1 aliphatic carbocycles. The fourth-order valence-electron chi connectivity index (χ4n) is 3.05. The van der Waals surface area contributed by atoms with Crippen LogP contribution < -0.4 is 5.73 Å². The summed E-state index contributed by atoms with van der Waals surface area (Å²) >= 11 is 0. The average Bonchev–Trinajstić information content (AvgIpc) is 2.50. The number of aryl methyl sites for hydroxylation is 1. The molecule has 0 radical (unpaired) electrons. The van der Waals surface area contributed by atoms with Gasteiger partial charge in [-0.3, -0.25) is 0 Å². The predicted octanol–water partition coefficient (Wildman–Crippen LogP) is 4.39. The molecule has 2 N–H and O–H groups in total. The molecule has 1 aromatic rings. The zero-order valence-corrected chi connectivity index (χ0v) is 12.1. The van der Waals surface area contributed by atoms with E-state index in [-0.39, 0.29) is 5.54 Å². The molecule has 1 atom stereocenters. The first-order valence-corrected chi connectivity index (χ1v) is 7.33. The van der Waals surface area contributed by atoms with Crippen molar-refractivity contribution in [3.63, 3.8) is 0 Å². The van der Waals surface area contributed by atoms with Crippen molar-refractivity contribution in [3.8, 4) is 0 Å². The molecule has 1 saturated carbocycles. The van der Waals surface area contributed by atoms with E-state index in [9.17, 15) is 0 Å². The van der Waals surface area contributed by atoms with Gasteiger partial charge < -0.3 is 5.73 Å². The van der Waals surface area contributed by atoms with E-state index >= 15 is 0 Å². The van der Waals surface area contributed by atoms with E-state index in [0.29, 0.717) is 5.41 Å². The molecule has 0 heterocycles. The maximum Gasteiger partial charge on any atom is 0.0409 e. The van der Waals surface area contributed by atoms with Gasteiger partial charge in [-0.1, -0.05) is 51.5 Å². The van der Waals surface area contributed by atoms with Crippen LogP contribution in [0.3, 0.4) is 0 Å². The average molecular weight is 245 g/mol. The highest BCUT2D eigenvalue weighted by Crippen LogP contribution is 2.41. The summed E-state index contributed by atoms with van der Waals surface area (Å²) < 4.78 is 0. The van der Waals surface area contributed by atoms with Crippen molar-refractivity contribution in [2.45, 2.75) is 64.8 Å². The quantitative estimate of drug-likeness (QED) is 0.768. The fourth-order valence-corrected chi connectivity index (χ4v) is 3.05. The van der Waals surface area contributed by atoms with Crippen LogP contribution in [0.2, 0.25) is 0 Å². The lowest BCUT2D eigenvalue weighted by atomic mass is 9.81. The maximum absolute atomic E-state index is 6.69. The van der Waals surface area contributed by atoms with Crippen LogP contribution in [-0.2, 0) is 12.0 Å². The van der Waals surface area contributed by atoms with Gasteiger partial charge in [-0.25, -0.2) is 0 Å². The van der Waals surface area contributed by atoms with Crippen LogP contribution in [0.25, 0.3) is 0 Å². The summed E-state index contributed by atoms with van der Waals surface area (Å²) in [6.45, 7) is 6.94. The normalized spacial score (nSPS) is 27.8. The predicted molar refractivity (Wildman–Crippen MR) is 78.6 cm³/mol. The molecule has 0 aromatic heterocycles. The SMILES string of the molecule is CCc1ccc(C2(N)CCCC(C)(C)CC2)cc1. The van der Waals surface area contributed by atoms with Gasteiger partial charge in [-0.15, -0.1) is 0 Å². The van der Waals surface area contributed by atoms with Crippen LogP contribution in [0.4, 0.5) is 0 Å². The molecule has 2 rings (SSSR count). The molecule has 1 aromatic carbocycles. The first-order valence-electron chi connectivity index (χ1n) is 7.33. The van der Waals surface area contributed by atoms with Crippen molar-refractivity contribution in [1.29, 1.82) is 0 Å². The highest BCUT2D eigenvalue weighted by Gasteiger charge is 2.33. The number of rotatable bonds is 2. The number of nitrogens with two attached hydrogens (primary N) is 1. The third-order valence-corrected chi connectivity index (χ3v) is 4.66. The van der Waals surface area contributed by atoms with Gasteiger partial charge in [0.1, 0.15) is 0 Å². The van der Waals surface area contributed by atoms with E-state index in [0.717, 1.165) is 19.3 Å². The van der Waals surface area contributed by atoms with Crippen molar-refractivity contribution in [2.75, 3.05) is 0 Å². The van der Waals surface area contributed by atoms with Gasteiger partial charge in [0.2, 0.25) is 0 Å². The molecular formula is C17H27N. The summed E-state index contributed by atoms with van der Waals surface area (Å²) in [5, 5.41) is 0. The minimum Gasteiger partial charge on any atom is -0.321 e. The Morgan fingerprint density at radius 1 is 1.00 bits per heavy atom. The summed E-state index contributed by atoms with van der Waals surface area (Å²) in [6, 6.07) is 8.97. The van der Waals surface area contributed by atoms with Crippen molar-refractivity contribution in [2.24, 2.45) is 11.1 Å². The molecule has 18 heavy (non-hydrogen) atoms. The van der Waals surface area contributed by atoms with Crippen LogP contribution in [0.5, 0.6) is 0 Å². The first-order chi connectivity index (χ1) is 8.45. The van der Waals surface area contributed by atoms with E-state index in [1.807, 2.05) is 0 Å². The standard InChI is InChI=1S/C17H27N/c1-4-14-6-8-15(9-7-14)17(18)11-5-10-16(2,3)12-13-17/h6-9H,4-5,10-13,18H2,1-3H3. The third kappa shape index (κ3) is 2.95. The van der Waals surface area contributed by atoms with Crippen molar-refractivity contribution < 1.29 is 0 Å². The number of benzene rings is 1. The smallest absolute Gasteiger partial charge is 0.0409 e. The Morgan fingerprint density at radius 3 is 2.28 bits per heavy atom. The Balaban J connectivity index is 2.19. The Kier molecular flexibility index (Phi) is 3.82. The molecule has 0 saturated heterocycles. The van der Waals surface area contributed by atoms with E-state index in [4.69, 9.17) is 5.73 Å². The summed E-state index contributed by atoms with van der Waals surface area (Å²) in [6.07, 6.45) is 7.13. The lowest BCUT2D eigenvalue weighted by Gasteiger charge is -2.30. The van der Waals surface area contributed by atoms with E-state index < -0.39 is 0 Å². The van der Waals surface area contributed by atoms with Crippen LogP contribution >= 0.6 is 0 Å². The molecule has 100 valence electrons. The molecule has 0 aliphatic heterocycles. The van der Waals surface area contributed by atoms with Gasteiger partial charge in [0.25, 0.3) is 0 Å². The topological polar surface area (TPSA) is 26.0 Å². The van der Waals surface area contributed by atoms with E-state index in [1.54, 1.807) is 0 Å². The zero-order chi connectivity index (χ0) is 13.2. The van der Waals surface area contributed by atoms with Gasteiger partial charge in [-0.05, 0) is 48.6 Å². The van der Waals surface area contributed by atoms with Gasteiger partial charge in [0.15, 0.2) is 0 Å². The molecule has 1 fully saturated rings. The van der Waals surface area contributed by atoms with Crippen LogP contribution in [0.1, 0.15) is 64.0 Å². The molecule has 0 spiro atoms. The van der Waals surface area contributed by atoms with Gasteiger partial charge in [0.05, 0.1) is 0 Å². The number of hydrogen-bond acceptors (Lipinski definition) is 1. The van der Waals surface area contributed by atoms with Gasteiger partial charge in [0, 0.05) is 5.54 Å². The molecule has 0 amide bonds. The highest BCUT2D eigenvalue weighted by atomic mass is 14.7. The lowest BCUT2D eigenvalue weighted by molar-refractivity contribution is 0.299. The molecule has 1 unspecified atom stereocenters. The highest BCUT2D eigenvalue weighted by molar-refractivity contribution is 5.28. The van der Waals surface area contributed by atoms with Crippen LogP contribution in [0, 0.1) is 5.41 Å². The third-order valence-electron chi connectivity index (χ3n) is 4.66. The minimum absolute atomic E-state index is 0.0972. The summed E-state index contributed by atoms with van der Waals surface area (Å²) in [5.41, 5.74) is 9.79. The summed E-state index contributed by atoms with van der Waals surface area (Å²) in [4.78, 5) is 0. The van der Waals surface area contributed by atoms with E-state index in [2.05, 4.69) is 45.0 Å². The second-order valence-corrected chi connectivity index (χ2v) is 6.72. The zero-order valence-electron chi connectivity index (χ0n) is 12.1. The molecule has 1 nitrogen and oxygen atoms in total. The molecule has 1 heteroatoms. The van der Waals surface area contributed by atoms with Gasteiger partial charge in [-0.2, -0.15) is 0 Å². The number of hydrogen-bond donors (Lipinski definition) is 1. The lowest BCUT2D eigenvalue weighted by Crippen LogP contribution is -2.36.